The van der Waals surface area contributed by atoms with E-state index in [0.717, 1.165) is 0 Å². The highest BCUT2D eigenvalue weighted by molar-refractivity contribution is 5.87. The van der Waals surface area contributed by atoms with Crippen LogP contribution in [0, 0.1) is 0 Å². The molecule has 1 aromatic heterocycles. The Morgan fingerprint density at radius 1 is 1.43 bits per heavy atom. The molecule has 21 heavy (non-hydrogen) atoms. The maximum atomic E-state index is 11.8. The molecule has 7 nitrogen and oxygen atoms in total. The van der Waals surface area contributed by atoms with Crippen molar-refractivity contribution >= 4 is 12.1 Å². The van der Waals surface area contributed by atoms with Crippen molar-refractivity contribution in [3.8, 4) is 0 Å². The SMILES string of the molecule is CCOC(=O)c1cc(C2CN(C(=O)OC(C)(C)C)C2)on1. The van der Waals surface area contributed by atoms with Crippen molar-refractivity contribution in [2.45, 2.75) is 39.2 Å². The first kappa shape index (κ1) is 15.3. The lowest BCUT2D eigenvalue weighted by Gasteiger charge is -2.38. The van der Waals surface area contributed by atoms with E-state index >= 15 is 0 Å². The quantitative estimate of drug-likeness (QED) is 0.795. The lowest BCUT2D eigenvalue weighted by molar-refractivity contribution is 0.00605. The third kappa shape index (κ3) is 3.74. The molecule has 0 bridgehead atoms. The van der Waals surface area contributed by atoms with Crippen LogP contribution in [0.2, 0.25) is 0 Å². The van der Waals surface area contributed by atoms with E-state index in [-0.39, 0.29) is 24.3 Å². The van der Waals surface area contributed by atoms with Crippen molar-refractivity contribution in [2.24, 2.45) is 0 Å². The predicted octanol–water partition coefficient (Wildman–Crippen LogP) is 2.19. The van der Waals surface area contributed by atoms with Crippen LogP contribution in [0.25, 0.3) is 0 Å². The molecule has 2 rings (SSSR count). The standard InChI is InChI=1S/C14H20N2O5/c1-5-19-12(17)10-6-11(21-15-10)9-7-16(8-9)13(18)20-14(2,3)4/h6,9H,5,7-8H2,1-4H3. The molecule has 1 aliphatic rings. The van der Waals surface area contributed by atoms with Crippen LogP contribution in [0.15, 0.2) is 10.6 Å². The van der Waals surface area contributed by atoms with Gasteiger partial charge in [0, 0.05) is 19.2 Å². The Balaban J connectivity index is 1.87. The fourth-order valence-electron chi connectivity index (χ4n) is 1.92. The van der Waals surface area contributed by atoms with E-state index in [1.165, 1.54) is 0 Å². The zero-order valence-corrected chi connectivity index (χ0v) is 12.7. The first-order valence-corrected chi connectivity index (χ1v) is 6.92. The van der Waals surface area contributed by atoms with E-state index in [4.69, 9.17) is 14.0 Å². The maximum absolute atomic E-state index is 11.8. The number of aromatic nitrogens is 1. The number of hydrogen-bond acceptors (Lipinski definition) is 6. The first-order chi connectivity index (χ1) is 9.80. The Hall–Kier alpha value is -2.05. The average molecular weight is 296 g/mol. The first-order valence-electron chi connectivity index (χ1n) is 6.92. The molecule has 0 atom stereocenters. The Morgan fingerprint density at radius 3 is 2.67 bits per heavy atom. The van der Waals surface area contributed by atoms with Gasteiger partial charge in [-0.25, -0.2) is 9.59 Å². The maximum Gasteiger partial charge on any atom is 0.410 e. The van der Waals surface area contributed by atoms with E-state index in [1.807, 2.05) is 20.8 Å². The summed E-state index contributed by atoms with van der Waals surface area (Å²) in [6, 6.07) is 1.56. The van der Waals surface area contributed by atoms with Gasteiger partial charge in [-0.2, -0.15) is 0 Å². The monoisotopic (exact) mass is 296 g/mol. The van der Waals surface area contributed by atoms with Crippen LogP contribution in [0.4, 0.5) is 4.79 Å². The van der Waals surface area contributed by atoms with Crippen molar-refractivity contribution in [3.63, 3.8) is 0 Å². The Labute approximate surface area is 123 Å². The number of amides is 1. The van der Waals surface area contributed by atoms with E-state index in [2.05, 4.69) is 5.16 Å². The third-order valence-corrected chi connectivity index (χ3v) is 2.95. The topological polar surface area (TPSA) is 81.9 Å². The minimum atomic E-state index is -0.508. The minimum absolute atomic E-state index is 0.0354. The summed E-state index contributed by atoms with van der Waals surface area (Å²) in [4.78, 5) is 24.9. The number of carbonyl (C=O) groups is 2. The number of carbonyl (C=O) groups excluding carboxylic acids is 2. The summed E-state index contributed by atoms with van der Waals surface area (Å²) >= 11 is 0. The van der Waals surface area contributed by atoms with E-state index in [1.54, 1.807) is 17.9 Å². The molecule has 1 amide bonds. The van der Waals surface area contributed by atoms with Gasteiger partial charge in [0.05, 0.1) is 12.5 Å². The van der Waals surface area contributed by atoms with Gasteiger partial charge in [0.1, 0.15) is 11.4 Å². The molecule has 7 heteroatoms. The second-order valence-electron chi connectivity index (χ2n) is 5.92. The van der Waals surface area contributed by atoms with Crippen molar-refractivity contribution in [1.82, 2.24) is 10.1 Å². The Morgan fingerprint density at radius 2 is 2.10 bits per heavy atom. The predicted molar refractivity (Wildman–Crippen MR) is 73.0 cm³/mol. The molecule has 2 heterocycles. The van der Waals surface area contributed by atoms with Crippen LogP contribution in [0.5, 0.6) is 0 Å². The number of likely N-dealkylation sites (tertiary alicyclic amines) is 1. The van der Waals surface area contributed by atoms with Gasteiger partial charge in [-0.05, 0) is 27.7 Å². The molecule has 0 aromatic carbocycles. The number of nitrogens with zero attached hydrogens (tertiary/aromatic N) is 2. The van der Waals surface area contributed by atoms with Crippen molar-refractivity contribution in [2.75, 3.05) is 19.7 Å². The molecule has 0 saturated carbocycles. The summed E-state index contributed by atoms with van der Waals surface area (Å²) < 4.78 is 15.2. The van der Waals surface area contributed by atoms with Crippen molar-refractivity contribution < 1.29 is 23.6 Å². The van der Waals surface area contributed by atoms with Crippen molar-refractivity contribution in [3.05, 3.63) is 17.5 Å². The fourth-order valence-corrected chi connectivity index (χ4v) is 1.92. The molecule has 1 fully saturated rings. The number of hydrogen-bond donors (Lipinski definition) is 0. The molecule has 0 unspecified atom stereocenters. The molecule has 1 saturated heterocycles. The van der Waals surface area contributed by atoms with Crippen LogP contribution in [0.3, 0.4) is 0 Å². The summed E-state index contributed by atoms with van der Waals surface area (Å²) in [5, 5.41) is 3.68. The molecule has 1 aromatic rings. The van der Waals surface area contributed by atoms with Crippen LogP contribution in [-0.2, 0) is 9.47 Å². The lowest BCUT2D eigenvalue weighted by atomic mass is 9.97. The summed E-state index contributed by atoms with van der Waals surface area (Å²) in [6.07, 6.45) is -0.344. The summed E-state index contributed by atoms with van der Waals surface area (Å²) in [7, 11) is 0. The lowest BCUT2D eigenvalue weighted by Crippen LogP contribution is -2.50. The van der Waals surface area contributed by atoms with Gasteiger partial charge in [-0.3, -0.25) is 0 Å². The average Bonchev–Trinajstić information content (AvgIpc) is 2.74. The number of esters is 1. The largest absolute Gasteiger partial charge is 0.461 e. The van der Waals surface area contributed by atoms with Crippen LogP contribution in [-0.4, -0.2) is 47.4 Å². The minimum Gasteiger partial charge on any atom is -0.461 e. The van der Waals surface area contributed by atoms with Gasteiger partial charge in [0.2, 0.25) is 0 Å². The van der Waals surface area contributed by atoms with E-state index < -0.39 is 11.6 Å². The van der Waals surface area contributed by atoms with Gasteiger partial charge < -0.3 is 18.9 Å². The normalized spacial score (nSPS) is 15.5. The van der Waals surface area contributed by atoms with Crippen LogP contribution < -0.4 is 0 Å². The summed E-state index contributed by atoms with van der Waals surface area (Å²) in [5.41, 5.74) is -0.353. The van der Waals surface area contributed by atoms with E-state index in [0.29, 0.717) is 18.8 Å². The highest BCUT2D eigenvalue weighted by atomic mass is 16.6. The molecule has 0 aliphatic carbocycles. The molecular formula is C14H20N2O5. The van der Waals surface area contributed by atoms with Crippen LogP contribution in [0.1, 0.15) is 49.9 Å². The van der Waals surface area contributed by atoms with Gasteiger partial charge in [-0.15, -0.1) is 0 Å². The highest BCUT2D eigenvalue weighted by Gasteiger charge is 2.37. The Kier molecular flexibility index (Phi) is 4.20. The zero-order chi connectivity index (χ0) is 15.6. The third-order valence-electron chi connectivity index (χ3n) is 2.95. The van der Waals surface area contributed by atoms with Gasteiger partial charge >= 0.3 is 12.1 Å². The molecular weight excluding hydrogens is 276 g/mol. The molecule has 116 valence electrons. The number of rotatable bonds is 3. The molecule has 0 N–H and O–H groups in total. The van der Waals surface area contributed by atoms with E-state index in [9.17, 15) is 9.59 Å². The smallest absolute Gasteiger partial charge is 0.410 e. The molecule has 1 aliphatic heterocycles. The van der Waals surface area contributed by atoms with Gasteiger partial charge in [-0.1, -0.05) is 5.16 Å². The zero-order valence-electron chi connectivity index (χ0n) is 12.7. The summed E-state index contributed by atoms with van der Waals surface area (Å²) in [6.45, 7) is 8.47. The summed E-state index contributed by atoms with van der Waals surface area (Å²) in [5.74, 6) is 0.113. The fraction of sp³-hybridized carbons (Fsp3) is 0.643. The van der Waals surface area contributed by atoms with Gasteiger partial charge in [0.25, 0.3) is 0 Å². The second kappa shape index (κ2) is 5.75. The Bertz CT molecular complexity index is 526. The highest BCUT2D eigenvalue weighted by Crippen LogP contribution is 2.29. The van der Waals surface area contributed by atoms with Crippen LogP contribution >= 0.6 is 0 Å². The van der Waals surface area contributed by atoms with Gasteiger partial charge in [0.15, 0.2) is 5.69 Å². The molecule has 0 spiro atoms. The second-order valence-corrected chi connectivity index (χ2v) is 5.92. The number of ether oxygens (including phenoxy) is 2. The molecule has 0 radical (unpaired) electrons. The van der Waals surface area contributed by atoms with Crippen molar-refractivity contribution in [1.29, 1.82) is 0 Å².